The summed E-state index contributed by atoms with van der Waals surface area (Å²) in [5.41, 5.74) is -1.39. The Labute approximate surface area is 163 Å². The summed E-state index contributed by atoms with van der Waals surface area (Å²) in [6.07, 6.45) is -0.549. The first-order valence-electron chi connectivity index (χ1n) is 8.87. The minimum Gasteiger partial charge on any atom is -0.444 e. The molecule has 5 nitrogen and oxygen atoms in total. The van der Waals surface area contributed by atoms with Crippen LogP contribution < -0.4 is 10.8 Å². The van der Waals surface area contributed by atoms with Gasteiger partial charge in [-0.1, -0.05) is 0 Å². The Balaban J connectivity index is 1.94. The maximum absolute atomic E-state index is 14.7. The highest BCUT2D eigenvalue weighted by Crippen LogP contribution is 2.38. The van der Waals surface area contributed by atoms with Crippen LogP contribution in [0.5, 0.6) is 0 Å². The lowest BCUT2D eigenvalue weighted by molar-refractivity contribution is 0.00578. The second-order valence-electron chi connectivity index (χ2n) is 8.70. The van der Waals surface area contributed by atoms with Crippen molar-refractivity contribution >= 4 is 45.1 Å². The van der Waals surface area contributed by atoms with Crippen molar-refractivity contribution in [1.82, 2.24) is 0 Å². The number of halogens is 1. The molecule has 0 aliphatic carbocycles. The van der Waals surface area contributed by atoms with Gasteiger partial charge in [-0.15, -0.1) is 11.3 Å². The van der Waals surface area contributed by atoms with E-state index in [2.05, 4.69) is 5.32 Å². The van der Waals surface area contributed by atoms with E-state index >= 15 is 0 Å². The normalized spacial score (nSPS) is 18.7. The van der Waals surface area contributed by atoms with Crippen LogP contribution in [0.3, 0.4) is 0 Å². The van der Waals surface area contributed by atoms with Crippen LogP contribution in [0.15, 0.2) is 18.2 Å². The van der Waals surface area contributed by atoms with Crippen LogP contribution in [0, 0.1) is 5.82 Å². The Kier molecular flexibility index (Phi) is 4.81. The van der Waals surface area contributed by atoms with Gasteiger partial charge in [-0.2, -0.15) is 0 Å². The average Bonchev–Trinajstić information content (AvgIpc) is 2.94. The van der Waals surface area contributed by atoms with Gasteiger partial charge in [0.05, 0.1) is 16.2 Å². The number of hydrogen-bond acceptors (Lipinski definition) is 5. The lowest BCUT2D eigenvalue weighted by atomic mass is 9.76. The van der Waals surface area contributed by atoms with Gasteiger partial charge in [0.25, 0.3) is 0 Å². The fraction of sp³-hybridized carbons (Fsp3) is 0.526. The Morgan fingerprint density at radius 2 is 1.78 bits per heavy atom. The number of carbonyl (C=O) groups excluding carboxylic acids is 1. The van der Waals surface area contributed by atoms with Crippen molar-refractivity contribution in [3.8, 4) is 0 Å². The molecule has 1 aromatic carbocycles. The topological polar surface area (TPSA) is 56.8 Å². The molecule has 3 rings (SSSR count). The third-order valence-corrected chi connectivity index (χ3v) is 5.82. The van der Waals surface area contributed by atoms with E-state index in [1.54, 1.807) is 32.9 Å². The molecule has 2 heterocycles. The summed E-state index contributed by atoms with van der Waals surface area (Å²) in [6.45, 7) is 13.1. The van der Waals surface area contributed by atoms with Crippen molar-refractivity contribution in [2.45, 2.75) is 65.3 Å². The lowest BCUT2D eigenvalue weighted by Crippen LogP contribution is -2.41. The van der Waals surface area contributed by atoms with Crippen LogP contribution in [0.4, 0.5) is 14.2 Å². The minimum atomic E-state index is -0.817. The maximum atomic E-state index is 14.7. The van der Waals surface area contributed by atoms with E-state index in [1.165, 1.54) is 17.4 Å². The number of rotatable bonds is 2. The first kappa shape index (κ1) is 20.1. The first-order valence-corrected chi connectivity index (χ1v) is 9.68. The van der Waals surface area contributed by atoms with Gasteiger partial charge in [0.2, 0.25) is 0 Å². The molecule has 0 bridgehead atoms. The van der Waals surface area contributed by atoms with Crippen molar-refractivity contribution in [3.05, 3.63) is 24.0 Å². The number of thiophene rings is 1. The molecule has 1 aromatic heterocycles. The van der Waals surface area contributed by atoms with E-state index in [4.69, 9.17) is 14.0 Å². The molecule has 27 heavy (non-hydrogen) atoms. The number of carbonyl (C=O) groups is 1. The highest BCUT2D eigenvalue weighted by atomic mass is 32.1. The number of anilines is 1. The van der Waals surface area contributed by atoms with Gasteiger partial charge in [0.1, 0.15) is 11.4 Å². The van der Waals surface area contributed by atoms with Crippen molar-refractivity contribution in [2.24, 2.45) is 0 Å². The van der Waals surface area contributed by atoms with E-state index in [1.807, 2.05) is 27.7 Å². The van der Waals surface area contributed by atoms with E-state index in [-0.39, 0.29) is 0 Å². The van der Waals surface area contributed by atoms with Crippen LogP contribution in [0.1, 0.15) is 48.5 Å². The highest BCUT2D eigenvalue weighted by molar-refractivity contribution is 7.23. The quantitative estimate of drug-likeness (QED) is 0.753. The van der Waals surface area contributed by atoms with E-state index in [0.717, 1.165) is 4.70 Å². The standard InChI is InChI=1S/C19H25BFNO4S/c1-17(2,3)24-16(23)22-14-10-11-13(27-14)9-8-12(21)15(11)20-25-18(4,5)19(6,7)26-20/h8-10H,1-7H3,(H,22,23). The molecule has 1 N–H and O–H groups in total. The smallest absolute Gasteiger partial charge is 0.444 e. The second kappa shape index (κ2) is 6.46. The fourth-order valence-electron chi connectivity index (χ4n) is 2.77. The van der Waals surface area contributed by atoms with E-state index in [0.29, 0.717) is 15.9 Å². The molecule has 1 fully saturated rings. The molecular formula is C19H25BFNO4S. The fourth-order valence-corrected chi connectivity index (χ4v) is 3.74. The Morgan fingerprint density at radius 1 is 1.19 bits per heavy atom. The van der Waals surface area contributed by atoms with Crippen molar-refractivity contribution < 1.29 is 23.2 Å². The van der Waals surface area contributed by atoms with E-state index < -0.39 is 35.8 Å². The molecule has 2 aromatic rings. The first-order chi connectivity index (χ1) is 12.3. The molecule has 8 heteroatoms. The maximum Gasteiger partial charge on any atom is 0.498 e. The summed E-state index contributed by atoms with van der Waals surface area (Å²) in [5.74, 6) is -0.400. The molecule has 0 unspecified atom stereocenters. The van der Waals surface area contributed by atoms with Crippen molar-refractivity contribution in [3.63, 3.8) is 0 Å². The second-order valence-corrected chi connectivity index (χ2v) is 9.78. The zero-order chi connectivity index (χ0) is 20.2. The summed E-state index contributed by atoms with van der Waals surface area (Å²) in [5, 5.41) is 3.94. The van der Waals surface area contributed by atoms with Gasteiger partial charge in [0.15, 0.2) is 0 Å². The van der Waals surface area contributed by atoms with Gasteiger partial charge in [-0.25, -0.2) is 9.18 Å². The van der Waals surface area contributed by atoms with Gasteiger partial charge >= 0.3 is 13.2 Å². The van der Waals surface area contributed by atoms with Crippen molar-refractivity contribution in [2.75, 3.05) is 5.32 Å². The third kappa shape index (κ3) is 3.98. The van der Waals surface area contributed by atoms with Crippen LogP contribution >= 0.6 is 11.3 Å². The number of fused-ring (bicyclic) bond motifs is 1. The summed E-state index contributed by atoms with van der Waals surface area (Å²) in [7, 11) is -0.817. The Hall–Kier alpha value is -1.64. The van der Waals surface area contributed by atoms with Crippen LogP contribution in [-0.2, 0) is 14.0 Å². The molecule has 0 radical (unpaired) electrons. The molecule has 1 aliphatic heterocycles. The molecule has 1 amide bonds. The van der Waals surface area contributed by atoms with Gasteiger partial charge in [-0.3, -0.25) is 5.32 Å². The zero-order valence-corrected chi connectivity index (χ0v) is 17.5. The predicted molar refractivity (Wildman–Crippen MR) is 107 cm³/mol. The van der Waals surface area contributed by atoms with E-state index in [9.17, 15) is 9.18 Å². The number of hydrogen-bond donors (Lipinski definition) is 1. The summed E-state index contributed by atoms with van der Waals surface area (Å²) in [4.78, 5) is 12.0. The monoisotopic (exact) mass is 393 g/mol. The summed E-state index contributed by atoms with van der Waals surface area (Å²) in [6, 6.07) is 4.81. The number of ether oxygens (including phenoxy) is 1. The molecule has 0 atom stereocenters. The average molecular weight is 393 g/mol. The largest absolute Gasteiger partial charge is 0.498 e. The van der Waals surface area contributed by atoms with Crippen LogP contribution in [0.25, 0.3) is 10.1 Å². The highest BCUT2D eigenvalue weighted by Gasteiger charge is 2.52. The minimum absolute atomic E-state index is 0.347. The number of amides is 1. The van der Waals surface area contributed by atoms with Gasteiger partial charge in [0, 0.05) is 10.2 Å². The molecule has 1 saturated heterocycles. The SMILES string of the molecule is CC(C)(C)OC(=O)Nc1cc2c(B3OC(C)(C)C(C)(C)O3)c(F)ccc2s1. The third-order valence-electron chi connectivity index (χ3n) is 4.80. The lowest BCUT2D eigenvalue weighted by Gasteiger charge is -2.32. The molecule has 0 spiro atoms. The number of nitrogens with one attached hydrogen (secondary N) is 1. The van der Waals surface area contributed by atoms with Crippen LogP contribution in [-0.4, -0.2) is 30.0 Å². The van der Waals surface area contributed by atoms with Crippen LogP contribution in [0.2, 0.25) is 0 Å². The molecule has 146 valence electrons. The zero-order valence-electron chi connectivity index (χ0n) is 16.7. The predicted octanol–water partition coefficient (Wildman–Crippen LogP) is 4.69. The van der Waals surface area contributed by atoms with Gasteiger partial charge < -0.3 is 14.0 Å². The van der Waals surface area contributed by atoms with Gasteiger partial charge in [-0.05, 0) is 72.1 Å². The molecule has 1 aliphatic rings. The molecular weight excluding hydrogens is 368 g/mol. The number of benzene rings is 1. The van der Waals surface area contributed by atoms with Crippen molar-refractivity contribution in [1.29, 1.82) is 0 Å². The summed E-state index contributed by atoms with van der Waals surface area (Å²) >= 11 is 1.34. The summed E-state index contributed by atoms with van der Waals surface area (Å²) < 4.78 is 32.9. The Morgan fingerprint density at radius 3 is 2.33 bits per heavy atom. The Bertz CT molecular complexity index is 872. The molecule has 0 saturated carbocycles.